The van der Waals surface area contributed by atoms with Crippen molar-refractivity contribution in [1.82, 2.24) is 9.88 Å². The second-order valence-corrected chi connectivity index (χ2v) is 7.04. The Hall–Kier alpha value is -2.36. The number of pyridine rings is 1. The fourth-order valence-corrected chi connectivity index (χ4v) is 3.55. The summed E-state index contributed by atoms with van der Waals surface area (Å²) >= 11 is 0. The van der Waals surface area contributed by atoms with E-state index in [1.165, 1.54) is 29.5 Å². The molecule has 1 aliphatic rings. The van der Waals surface area contributed by atoms with E-state index in [2.05, 4.69) is 43.2 Å². The maximum Gasteiger partial charge on any atom is 0.272 e. The average Bonchev–Trinajstić information content (AvgIpc) is 2.87. The van der Waals surface area contributed by atoms with Gasteiger partial charge in [0.25, 0.3) is 5.91 Å². The predicted octanol–water partition coefficient (Wildman–Crippen LogP) is 4.77. The normalized spacial score (nSPS) is 14.9. The van der Waals surface area contributed by atoms with Gasteiger partial charge in [0.1, 0.15) is 5.69 Å². The van der Waals surface area contributed by atoms with Crippen molar-refractivity contribution in [2.45, 2.75) is 46.5 Å². The summed E-state index contributed by atoms with van der Waals surface area (Å²) < 4.78 is 0. The van der Waals surface area contributed by atoms with Gasteiger partial charge in [-0.2, -0.15) is 0 Å². The summed E-state index contributed by atoms with van der Waals surface area (Å²) in [6.45, 7) is 8.01. The smallest absolute Gasteiger partial charge is 0.272 e. The number of rotatable bonds is 3. The fraction of sp³-hybridized carbons (Fsp3) is 0.429. The van der Waals surface area contributed by atoms with Crippen LogP contribution in [0.3, 0.4) is 0 Å². The van der Waals surface area contributed by atoms with Crippen LogP contribution in [0, 0.1) is 20.8 Å². The lowest BCUT2D eigenvalue weighted by Crippen LogP contribution is -2.32. The first-order chi connectivity index (χ1) is 12.0. The molecule has 1 aliphatic heterocycles. The molecule has 2 heterocycles. The standard InChI is InChI=1S/C21H27N3O/c1-15-12-16(2)20(17(3)13-15)23-18-8-9-19(22-14-18)21(25)24-10-6-4-5-7-11-24/h8-9,12-14,23H,4-7,10-11H2,1-3H3. The molecule has 0 saturated carbocycles. The Morgan fingerprint density at radius 1 is 1.00 bits per heavy atom. The lowest BCUT2D eigenvalue weighted by molar-refractivity contribution is 0.0756. The zero-order chi connectivity index (χ0) is 17.8. The summed E-state index contributed by atoms with van der Waals surface area (Å²) in [6, 6.07) is 8.10. The summed E-state index contributed by atoms with van der Waals surface area (Å²) in [7, 11) is 0. The highest BCUT2D eigenvalue weighted by molar-refractivity contribution is 5.92. The van der Waals surface area contributed by atoms with Crippen molar-refractivity contribution >= 4 is 17.3 Å². The van der Waals surface area contributed by atoms with Gasteiger partial charge in [-0.15, -0.1) is 0 Å². The molecule has 4 nitrogen and oxygen atoms in total. The van der Waals surface area contributed by atoms with E-state index < -0.39 is 0 Å². The molecule has 2 aromatic rings. The van der Waals surface area contributed by atoms with Gasteiger partial charge in [-0.05, 0) is 56.9 Å². The van der Waals surface area contributed by atoms with E-state index in [4.69, 9.17) is 0 Å². The van der Waals surface area contributed by atoms with Gasteiger partial charge in [0, 0.05) is 18.8 Å². The first kappa shape index (κ1) is 17.5. The average molecular weight is 337 g/mol. The number of hydrogen-bond acceptors (Lipinski definition) is 3. The number of likely N-dealkylation sites (tertiary alicyclic amines) is 1. The van der Waals surface area contributed by atoms with E-state index >= 15 is 0 Å². The topological polar surface area (TPSA) is 45.2 Å². The van der Waals surface area contributed by atoms with E-state index in [-0.39, 0.29) is 5.91 Å². The molecule has 1 fully saturated rings. The van der Waals surface area contributed by atoms with Gasteiger partial charge in [0.15, 0.2) is 0 Å². The number of carbonyl (C=O) groups excluding carboxylic acids is 1. The van der Waals surface area contributed by atoms with E-state index in [9.17, 15) is 4.79 Å². The first-order valence-electron chi connectivity index (χ1n) is 9.15. The van der Waals surface area contributed by atoms with Crippen molar-refractivity contribution in [3.05, 3.63) is 52.8 Å². The van der Waals surface area contributed by atoms with Crippen molar-refractivity contribution in [2.24, 2.45) is 0 Å². The third-order valence-electron chi connectivity index (χ3n) is 4.82. The Kier molecular flexibility index (Phi) is 5.37. The lowest BCUT2D eigenvalue weighted by atomic mass is 10.0. The molecule has 1 amide bonds. The maximum absolute atomic E-state index is 12.6. The zero-order valence-corrected chi connectivity index (χ0v) is 15.4. The predicted molar refractivity (Wildman–Crippen MR) is 103 cm³/mol. The maximum atomic E-state index is 12.6. The van der Waals surface area contributed by atoms with Crippen LogP contribution in [0.5, 0.6) is 0 Å². The monoisotopic (exact) mass is 337 g/mol. The molecule has 1 N–H and O–H groups in total. The molecule has 0 aliphatic carbocycles. The minimum absolute atomic E-state index is 0.0520. The van der Waals surface area contributed by atoms with Gasteiger partial charge < -0.3 is 10.2 Å². The first-order valence-corrected chi connectivity index (χ1v) is 9.15. The van der Waals surface area contributed by atoms with Crippen LogP contribution >= 0.6 is 0 Å². The number of amides is 1. The molecule has 1 aromatic heterocycles. The minimum atomic E-state index is 0.0520. The van der Waals surface area contributed by atoms with Gasteiger partial charge in [-0.25, -0.2) is 4.98 Å². The largest absolute Gasteiger partial charge is 0.354 e. The number of anilines is 2. The minimum Gasteiger partial charge on any atom is -0.354 e. The van der Waals surface area contributed by atoms with E-state index in [1.807, 2.05) is 17.0 Å². The molecular formula is C21H27N3O. The van der Waals surface area contributed by atoms with Crippen molar-refractivity contribution in [1.29, 1.82) is 0 Å². The highest BCUT2D eigenvalue weighted by Gasteiger charge is 2.18. The summed E-state index contributed by atoms with van der Waals surface area (Å²) in [5.41, 5.74) is 6.23. The molecule has 0 bridgehead atoms. The van der Waals surface area contributed by atoms with Crippen molar-refractivity contribution in [3.8, 4) is 0 Å². The Morgan fingerprint density at radius 2 is 1.64 bits per heavy atom. The molecule has 0 radical (unpaired) electrons. The molecule has 1 aromatic carbocycles. The van der Waals surface area contributed by atoms with Crippen LogP contribution in [0.25, 0.3) is 0 Å². The number of benzene rings is 1. The number of aryl methyl sites for hydroxylation is 3. The SMILES string of the molecule is Cc1cc(C)c(Nc2ccc(C(=O)N3CCCCCC3)nc2)c(C)c1. The molecule has 0 spiro atoms. The zero-order valence-electron chi connectivity index (χ0n) is 15.4. The summed E-state index contributed by atoms with van der Waals surface area (Å²) in [4.78, 5) is 19.0. The Balaban J connectivity index is 1.73. The Labute approximate surface area is 150 Å². The third-order valence-corrected chi connectivity index (χ3v) is 4.82. The highest BCUT2D eigenvalue weighted by Crippen LogP contribution is 2.25. The number of hydrogen-bond donors (Lipinski definition) is 1. The van der Waals surface area contributed by atoms with Crippen LogP contribution < -0.4 is 5.32 Å². The molecular weight excluding hydrogens is 310 g/mol. The second kappa shape index (κ2) is 7.68. The van der Waals surface area contributed by atoms with Gasteiger partial charge in [0.05, 0.1) is 11.9 Å². The quantitative estimate of drug-likeness (QED) is 0.878. The number of aromatic nitrogens is 1. The third kappa shape index (κ3) is 4.19. The Morgan fingerprint density at radius 3 is 2.20 bits per heavy atom. The molecule has 132 valence electrons. The summed E-state index contributed by atoms with van der Waals surface area (Å²) in [6.07, 6.45) is 6.38. The lowest BCUT2D eigenvalue weighted by Gasteiger charge is -2.20. The number of nitrogens with zero attached hydrogens (tertiary/aromatic N) is 2. The summed E-state index contributed by atoms with van der Waals surface area (Å²) in [5, 5.41) is 3.44. The molecule has 0 unspecified atom stereocenters. The van der Waals surface area contributed by atoms with Crippen LogP contribution in [0.4, 0.5) is 11.4 Å². The van der Waals surface area contributed by atoms with Gasteiger partial charge in [-0.1, -0.05) is 30.5 Å². The highest BCUT2D eigenvalue weighted by atomic mass is 16.2. The van der Waals surface area contributed by atoms with Crippen LogP contribution in [-0.4, -0.2) is 28.9 Å². The van der Waals surface area contributed by atoms with Crippen LogP contribution in [0.15, 0.2) is 30.5 Å². The number of nitrogens with one attached hydrogen (secondary N) is 1. The molecule has 0 atom stereocenters. The molecule has 25 heavy (non-hydrogen) atoms. The van der Waals surface area contributed by atoms with Crippen molar-refractivity contribution < 1.29 is 4.79 Å². The number of carbonyl (C=O) groups is 1. The van der Waals surface area contributed by atoms with Crippen molar-refractivity contribution in [3.63, 3.8) is 0 Å². The summed E-state index contributed by atoms with van der Waals surface area (Å²) in [5.74, 6) is 0.0520. The van der Waals surface area contributed by atoms with Gasteiger partial charge >= 0.3 is 0 Å². The van der Waals surface area contributed by atoms with E-state index in [1.54, 1.807) is 6.20 Å². The van der Waals surface area contributed by atoms with E-state index in [0.29, 0.717) is 5.69 Å². The Bertz CT molecular complexity index is 721. The second-order valence-electron chi connectivity index (χ2n) is 7.04. The van der Waals surface area contributed by atoms with E-state index in [0.717, 1.165) is 37.3 Å². The van der Waals surface area contributed by atoms with Crippen LogP contribution in [0.2, 0.25) is 0 Å². The van der Waals surface area contributed by atoms with Crippen LogP contribution in [-0.2, 0) is 0 Å². The van der Waals surface area contributed by atoms with Crippen molar-refractivity contribution in [2.75, 3.05) is 18.4 Å². The molecule has 4 heteroatoms. The molecule has 3 rings (SSSR count). The van der Waals surface area contributed by atoms with Gasteiger partial charge in [-0.3, -0.25) is 4.79 Å². The van der Waals surface area contributed by atoms with Crippen LogP contribution in [0.1, 0.15) is 52.9 Å². The fourth-order valence-electron chi connectivity index (χ4n) is 3.55. The molecule has 1 saturated heterocycles. The van der Waals surface area contributed by atoms with Gasteiger partial charge in [0.2, 0.25) is 0 Å².